The highest BCUT2D eigenvalue weighted by Gasteiger charge is 2.19. The number of allylic oxidation sites excluding steroid dienone is 1. The molecule has 0 N–H and O–H groups in total. The van der Waals surface area contributed by atoms with Gasteiger partial charge in [0.25, 0.3) is 0 Å². The summed E-state index contributed by atoms with van der Waals surface area (Å²) in [4.78, 5) is 10.5. The van der Waals surface area contributed by atoms with Gasteiger partial charge in [0.2, 0.25) is 0 Å². The molecule has 0 fully saturated rings. The standard InChI is InChI=1S/C49H35N3/c1-32-12-11-21-46-47(32)42-19-9-10-20-45(42)52(46)39-28-26-34(27-29-39)33-22-24-36(25-23-33)49-50-43(35-13-3-2-4-14-35)31-44(51-49)48-40-17-7-5-15-37(40)30-38-16-6-8-18-41(38)48/h2-5,7-15,17-31H,6,16H2,1H3. The minimum absolute atomic E-state index is 0.724. The van der Waals surface area contributed by atoms with E-state index in [0.29, 0.717) is 0 Å². The summed E-state index contributed by atoms with van der Waals surface area (Å²) in [5.74, 6) is 0.724. The fraction of sp³-hybridized carbons (Fsp3) is 0.0612. The van der Waals surface area contributed by atoms with Gasteiger partial charge in [0.1, 0.15) is 0 Å². The quantitative estimate of drug-likeness (QED) is 0.183. The fourth-order valence-corrected chi connectivity index (χ4v) is 8.09. The predicted molar refractivity (Wildman–Crippen MR) is 218 cm³/mol. The van der Waals surface area contributed by atoms with E-state index in [1.165, 1.54) is 60.4 Å². The van der Waals surface area contributed by atoms with Crippen LogP contribution in [0, 0.1) is 6.92 Å². The van der Waals surface area contributed by atoms with Crippen LogP contribution >= 0.6 is 0 Å². The summed E-state index contributed by atoms with van der Waals surface area (Å²) in [7, 11) is 0. The smallest absolute Gasteiger partial charge is 0.160 e. The summed E-state index contributed by atoms with van der Waals surface area (Å²) < 4.78 is 2.38. The first-order chi connectivity index (χ1) is 25.7. The van der Waals surface area contributed by atoms with E-state index in [0.717, 1.165) is 52.4 Å². The number of benzene rings is 7. The van der Waals surface area contributed by atoms with Gasteiger partial charge in [-0.2, -0.15) is 0 Å². The Hall–Kier alpha value is -6.58. The Labute approximate surface area is 303 Å². The van der Waals surface area contributed by atoms with Gasteiger partial charge in [0.05, 0.1) is 22.4 Å². The average Bonchev–Trinajstić information content (AvgIpc) is 3.55. The lowest BCUT2D eigenvalue weighted by Crippen LogP contribution is -2.01. The van der Waals surface area contributed by atoms with Crippen molar-refractivity contribution in [2.75, 3.05) is 0 Å². The molecule has 0 spiro atoms. The van der Waals surface area contributed by atoms with Gasteiger partial charge in [-0.05, 0) is 88.7 Å². The van der Waals surface area contributed by atoms with Crippen molar-refractivity contribution in [3.05, 3.63) is 180 Å². The van der Waals surface area contributed by atoms with E-state index in [1.807, 2.05) is 6.07 Å². The monoisotopic (exact) mass is 665 g/mol. The van der Waals surface area contributed by atoms with E-state index < -0.39 is 0 Å². The minimum Gasteiger partial charge on any atom is -0.309 e. The number of nitrogens with zero attached hydrogens (tertiary/aromatic N) is 3. The Morgan fingerprint density at radius 3 is 2.04 bits per heavy atom. The summed E-state index contributed by atoms with van der Waals surface area (Å²) in [6.45, 7) is 2.20. The van der Waals surface area contributed by atoms with Crippen LogP contribution in [0.1, 0.15) is 23.1 Å². The molecule has 0 unspecified atom stereocenters. The Bertz CT molecular complexity index is 2820. The fourth-order valence-electron chi connectivity index (χ4n) is 8.09. The third-order valence-corrected chi connectivity index (χ3v) is 10.6. The molecule has 3 heteroatoms. The zero-order valence-electron chi connectivity index (χ0n) is 28.9. The molecule has 7 aromatic carbocycles. The van der Waals surface area contributed by atoms with Crippen LogP contribution < -0.4 is 0 Å². The summed E-state index contributed by atoms with van der Waals surface area (Å²) in [5.41, 5.74) is 15.0. The van der Waals surface area contributed by atoms with Crippen LogP contribution in [-0.4, -0.2) is 14.5 Å². The first kappa shape index (κ1) is 30.3. The highest BCUT2D eigenvalue weighted by atomic mass is 15.0. The van der Waals surface area contributed by atoms with Gasteiger partial charge in [-0.15, -0.1) is 0 Å². The molecular formula is C49H35N3. The van der Waals surface area contributed by atoms with Crippen LogP contribution in [0.2, 0.25) is 0 Å². The molecule has 0 aliphatic heterocycles. The Morgan fingerprint density at radius 2 is 1.21 bits per heavy atom. The van der Waals surface area contributed by atoms with Crippen molar-refractivity contribution >= 4 is 38.7 Å². The second-order valence-corrected chi connectivity index (χ2v) is 13.8. The average molecular weight is 666 g/mol. The molecule has 52 heavy (non-hydrogen) atoms. The molecule has 2 heterocycles. The van der Waals surface area contributed by atoms with Crippen molar-refractivity contribution < 1.29 is 0 Å². The van der Waals surface area contributed by atoms with E-state index in [2.05, 4.69) is 175 Å². The van der Waals surface area contributed by atoms with Crippen LogP contribution in [0.25, 0.3) is 89.4 Å². The summed E-state index contributed by atoms with van der Waals surface area (Å²) >= 11 is 0. The first-order valence-electron chi connectivity index (χ1n) is 18.1. The molecule has 0 saturated carbocycles. The van der Waals surface area contributed by atoms with Gasteiger partial charge in [-0.3, -0.25) is 0 Å². The van der Waals surface area contributed by atoms with Crippen molar-refractivity contribution in [3.63, 3.8) is 0 Å². The van der Waals surface area contributed by atoms with E-state index in [-0.39, 0.29) is 0 Å². The van der Waals surface area contributed by atoms with Gasteiger partial charge in [-0.25, -0.2) is 9.97 Å². The lowest BCUT2D eigenvalue weighted by atomic mass is 9.87. The number of aromatic nitrogens is 3. The normalized spacial score (nSPS) is 12.5. The van der Waals surface area contributed by atoms with Crippen LogP contribution in [0.4, 0.5) is 0 Å². The molecule has 1 aliphatic carbocycles. The molecule has 10 rings (SSSR count). The number of fused-ring (bicyclic) bond motifs is 5. The zero-order chi connectivity index (χ0) is 34.6. The molecule has 0 bridgehead atoms. The number of rotatable bonds is 5. The lowest BCUT2D eigenvalue weighted by Gasteiger charge is -2.19. The predicted octanol–water partition coefficient (Wildman–Crippen LogP) is 12.7. The van der Waals surface area contributed by atoms with E-state index >= 15 is 0 Å². The summed E-state index contributed by atoms with van der Waals surface area (Å²) in [5, 5.41) is 5.06. The second kappa shape index (κ2) is 12.3. The maximum Gasteiger partial charge on any atom is 0.160 e. The molecular weight excluding hydrogens is 631 g/mol. The minimum atomic E-state index is 0.724. The van der Waals surface area contributed by atoms with Gasteiger partial charge in [-0.1, -0.05) is 140 Å². The maximum atomic E-state index is 5.31. The van der Waals surface area contributed by atoms with Crippen LogP contribution in [-0.2, 0) is 6.42 Å². The maximum absolute atomic E-state index is 5.31. The third kappa shape index (κ3) is 5.05. The SMILES string of the molecule is Cc1cccc2c1c1ccccc1n2-c1ccc(-c2ccc(-c3nc(-c4ccccc4)cc(-c4c5c(cc6ccccc46)CCC=C5)n3)cc2)cc1. The number of hydrogen-bond donors (Lipinski definition) is 0. The van der Waals surface area contributed by atoms with E-state index in [1.54, 1.807) is 0 Å². The van der Waals surface area contributed by atoms with Crippen molar-refractivity contribution in [2.24, 2.45) is 0 Å². The molecule has 246 valence electrons. The van der Waals surface area contributed by atoms with Crippen LogP contribution in [0.15, 0.2) is 164 Å². The number of aryl methyl sites for hydroxylation is 2. The van der Waals surface area contributed by atoms with Crippen LogP contribution in [0.5, 0.6) is 0 Å². The van der Waals surface area contributed by atoms with Gasteiger partial charge in [0.15, 0.2) is 5.82 Å². The Balaban J connectivity index is 1.05. The Kier molecular flexibility index (Phi) is 7.17. The second-order valence-electron chi connectivity index (χ2n) is 13.8. The molecule has 0 amide bonds. The molecule has 3 nitrogen and oxygen atoms in total. The number of hydrogen-bond acceptors (Lipinski definition) is 2. The molecule has 2 aromatic heterocycles. The summed E-state index contributed by atoms with van der Waals surface area (Å²) in [6.07, 6.45) is 6.67. The van der Waals surface area contributed by atoms with Gasteiger partial charge >= 0.3 is 0 Å². The van der Waals surface area contributed by atoms with E-state index in [9.17, 15) is 0 Å². The van der Waals surface area contributed by atoms with Gasteiger partial charge < -0.3 is 4.57 Å². The zero-order valence-corrected chi connectivity index (χ0v) is 28.9. The van der Waals surface area contributed by atoms with Crippen LogP contribution in [0.3, 0.4) is 0 Å². The number of para-hydroxylation sites is 1. The van der Waals surface area contributed by atoms with Crippen molar-refractivity contribution in [3.8, 4) is 50.7 Å². The summed E-state index contributed by atoms with van der Waals surface area (Å²) in [6, 6.07) is 56.5. The van der Waals surface area contributed by atoms with Crippen molar-refractivity contribution in [1.29, 1.82) is 0 Å². The molecule has 0 atom stereocenters. The highest BCUT2D eigenvalue weighted by Crippen LogP contribution is 2.39. The topological polar surface area (TPSA) is 30.7 Å². The highest BCUT2D eigenvalue weighted by molar-refractivity contribution is 6.11. The molecule has 0 saturated heterocycles. The molecule has 0 radical (unpaired) electrons. The molecule has 1 aliphatic rings. The first-order valence-corrected chi connectivity index (χ1v) is 18.1. The largest absolute Gasteiger partial charge is 0.309 e. The third-order valence-electron chi connectivity index (χ3n) is 10.6. The Morgan fingerprint density at radius 1 is 0.538 bits per heavy atom. The molecule has 9 aromatic rings. The van der Waals surface area contributed by atoms with E-state index in [4.69, 9.17) is 9.97 Å². The van der Waals surface area contributed by atoms with Gasteiger partial charge in [0, 0.05) is 33.2 Å². The van der Waals surface area contributed by atoms with Crippen molar-refractivity contribution in [2.45, 2.75) is 19.8 Å². The lowest BCUT2D eigenvalue weighted by molar-refractivity contribution is 0.989. The van der Waals surface area contributed by atoms with Crippen molar-refractivity contribution in [1.82, 2.24) is 14.5 Å².